The molecule has 0 aliphatic rings. The average Bonchev–Trinajstić information content (AvgIpc) is 2.87. The van der Waals surface area contributed by atoms with Gasteiger partial charge in [-0.15, -0.1) is 21.5 Å². The van der Waals surface area contributed by atoms with Gasteiger partial charge in [-0.05, 0) is 43.5 Å². The van der Waals surface area contributed by atoms with Crippen LogP contribution in [0.15, 0.2) is 18.2 Å². The third-order valence-electron chi connectivity index (χ3n) is 3.38. The summed E-state index contributed by atoms with van der Waals surface area (Å²) in [5, 5.41) is 14.2. The smallest absolute Gasteiger partial charge is 0.121 e. The van der Waals surface area contributed by atoms with Gasteiger partial charge in [0.15, 0.2) is 0 Å². The summed E-state index contributed by atoms with van der Waals surface area (Å²) in [4.78, 5) is 0. The molecule has 0 spiro atoms. The number of nitrogens with one attached hydrogen (secondary N) is 1. The van der Waals surface area contributed by atoms with Crippen LogP contribution in [0.1, 0.15) is 40.1 Å². The molecule has 2 aromatic rings. The molecule has 1 aromatic carbocycles. The zero-order valence-electron chi connectivity index (χ0n) is 12.6. The van der Waals surface area contributed by atoms with Gasteiger partial charge in [-0.25, -0.2) is 0 Å². The highest BCUT2D eigenvalue weighted by Gasteiger charge is 2.06. The summed E-state index contributed by atoms with van der Waals surface area (Å²) in [6, 6.07) is 6.62. The number of benzene rings is 1. The Balaban J connectivity index is 1.90. The lowest BCUT2D eigenvalue weighted by atomic mass is 10.0. The standard InChI is InChI=1S/C16H23N3S/c1-4-8-17-9-7-15-18-19-16(20-15)11-14-6-5-12(2)13(3)10-14/h5-6,10,17H,4,7-9,11H2,1-3H3. The first kappa shape index (κ1) is 15.1. The molecule has 0 bridgehead atoms. The fraction of sp³-hybridized carbons (Fsp3) is 0.500. The van der Waals surface area contributed by atoms with Crippen molar-refractivity contribution in [2.24, 2.45) is 0 Å². The third kappa shape index (κ3) is 4.39. The summed E-state index contributed by atoms with van der Waals surface area (Å²) in [6.07, 6.45) is 3.04. The molecular formula is C16H23N3S. The van der Waals surface area contributed by atoms with E-state index in [0.29, 0.717) is 0 Å². The molecular weight excluding hydrogens is 266 g/mol. The molecule has 4 heteroatoms. The van der Waals surface area contributed by atoms with Gasteiger partial charge in [-0.3, -0.25) is 0 Å². The van der Waals surface area contributed by atoms with E-state index in [-0.39, 0.29) is 0 Å². The molecule has 0 saturated carbocycles. The van der Waals surface area contributed by atoms with Crippen molar-refractivity contribution < 1.29 is 0 Å². The number of hydrogen-bond donors (Lipinski definition) is 1. The monoisotopic (exact) mass is 289 g/mol. The lowest BCUT2D eigenvalue weighted by Gasteiger charge is -2.02. The van der Waals surface area contributed by atoms with Gasteiger partial charge in [0.2, 0.25) is 0 Å². The third-order valence-corrected chi connectivity index (χ3v) is 4.36. The molecule has 0 amide bonds. The fourth-order valence-corrected chi connectivity index (χ4v) is 2.92. The van der Waals surface area contributed by atoms with Crippen LogP contribution in [0.4, 0.5) is 0 Å². The molecule has 0 fully saturated rings. The van der Waals surface area contributed by atoms with Crippen molar-refractivity contribution in [2.75, 3.05) is 13.1 Å². The minimum absolute atomic E-state index is 0.890. The van der Waals surface area contributed by atoms with Crippen LogP contribution >= 0.6 is 11.3 Å². The van der Waals surface area contributed by atoms with E-state index in [9.17, 15) is 0 Å². The number of nitrogens with zero attached hydrogens (tertiary/aromatic N) is 2. The number of aromatic nitrogens is 2. The largest absolute Gasteiger partial charge is 0.316 e. The molecule has 0 aliphatic carbocycles. The van der Waals surface area contributed by atoms with Gasteiger partial charge in [0.1, 0.15) is 10.0 Å². The Kier molecular flexibility index (Phi) is 5.68. The van der Waals surface area contributed by atoms with Crippen LogP contribution in [-0.2, 0) is 12.8 Å². The van der Waals surface area contributed by atoms with Crippen LogP contribution in [0, 0.1) is 13.8 Å². The Morgan fingerprint density at radius 3 is 2.60 bits per heavy atom. The minimum Gasteiger partial charge on any atom is -0.316 e. The summed E-state index contributed by atoms with van der Waals surface area (Å²) in [5.74, 6) is 0. The maximum absolute atomic E-state index is 4.30. The Morgan fingerprint density at radius 2 is 1.85 bits per heavy atom. The van der Waals surface area contributed by atoms with Crippen LogP contribution in [0.5, 0.6) is 0 Å². The van der Waals surface area contributed by atoms with Crippen molar-refractivity contribution in [2.45, 2.75) is 40.0 Å². The van der Waals surface area contributed by atoms with Gasteiger partial charge in [0, 0.05) is 19.4 Å². The van der Waals surface area contributed by atoms with Gasteiger partial charge < -0.3 is 5.32 Å². The maximum Gasteiger partial charge on any atom is 0.121 e. The average molecular weight is 289 g/mol. The molecule has 0 radical (unpaired) electrons. The molecule has 1 N–H and O–H groups in total. The van der Waals surface area contributed by atoms with Gasteiger partial charge >= 0.3 is 0 Å². The topological polar surface area (TPSA) is 37.8 Å². The maximum atomic E-state index is 4.30. The number of hydrogen-bond acceptors (Lipinski definition) is 4. The van der Waals surface area contributed by atoms with Gasteiger partial charge in [0.25, 0.3) is 0 Å². The normalized spacial score (nSPS) is 10.9. The second-order valence-corrected chi connectivity index (χ2v) is 6.33. The van der Waals surface area contributed by atoms with E-state index in [2.05, 4.69) is 54.5 Å². The van der Waals surface area contributed by atoms with Crippen LogP contribution in [0.25, 0.3) is 0 Å². The molecule has 20 heavy (non-hydrogen) atoms. The Hall–Kier alpha value is -1.26. The van der Waals surface area contributed by atoms with E-state index in [1.54, 1.807) is 11.3 Å². The summed E-state index contributed by atoms with van der Waals surface area (Å²) >= 11 is 1.73. The van der Waals surface area contributed by atoms with Gasteiger partial charge in [-0.2, -0.15) is 0 Å². The van der Waals surface area contributed by atoms with Crippen LogP contribution in [0.3, 0.4) is 0 Å². The lowest BCUT2D eigenvalue weighted by Crippen LogP contribution is -2.17. The van der Waals surface area contributed by atoms with Crippen molar-refractivity contribution in [3.05, 3.63) is 44.9 Å². The van der Waals surface area contributed by atoms with Gasteiger partial charge in [-0.1, -0.05) is 25.1 Å². The zero-order valence-corrected chi connectivity index (χ0v) is 13.4. The molecule has 2 rings (SSSR count). The molecule has 108 valence electrons. The Labute approximate surface area is 125 Å². The first-order valence-corrected chi connectivity index (χ1v) is 8.08. The van der Waals surface area contributed by atoms with E-state index in [1.807, 2.05) is 0 Å². The summed E-state index contributed by atoms with van der Waals surface area (Å²) in [7, 11) is 0. The van der Waals surface area contributed by atoms with Crippen molar-refractivity contribution in [3.8, 4) is 0 Å². The fourth-order valence-electron chi connectivity index (χ4n) is 2.05. The van der Waals surface area contributed by atoms with Crippen LogP contribution < -0.4 is 5.32 Å². The SMILES string of the molecule is CCCNCCc1nnc(Cc2ccc(C)c(C)c2)s1. The van der Waals surface area contributed by atoms with Crippen molar-refractivity contribution >= 4 is 11.3 Å². The molecule has 1 heterocycles. The molecule has 0 unspecified atom stereocenters. The second-order valence-electron chi connectivity index (χ2n) is 5.18. The summed E-state index contributed by atoms with van der Waals surface area (Å²) < 4.78 is 0. The highest BCUT2D eigenvalue weighted by molar-refractivity contribution is 7.11. The second kappa shape index (κ2) is 7.50. The molecule has 1 aromatic heterocycles. The molecule has 0 aliphatic heterocycles. The van der Waals surface area contributed by atoms with Crippen molar-refractivity contribution in [1.29, 1.82) is 0 Å². The van der Waals surface area contributed by atoms with Gasteiger partial charge in [0.05, 0.1) is 0 Å². The molecule has 0 saturated heterocycles. The first-order valence-electron chi connectivity index (χ1n) is 7.27. The van der Waals surface area contributed by atoms with Crippen molar-refractivity contribution in [1.82, 2.24) is 15.5 Å². The summed E-state index contributed by atoms with van der Waals surface area (Å²) in [6.45, 7) is 8.55. The van der Waals surface area contributed by atoms with E-state index >= 15 is 0 Å². The Bertz CT molecular complexity index is 548. The van der Waals surface area contributed by atoms with Crippen LogP contribution in [-0.4, -0.2) is 23.3 Å². The minimum atomic E-state index is 0.890. The quantitative estimate of drug-likeness (QED) is 0.795. The van der Waals surface area contributed by atoms with Crippen molar-refractivity contribution in [3.63, 3.8) is 0 Å². The molecule has 0 atom stereocenters. The Morgan fingerprint density at radius 1 is 1.05 bits per heavy atom. The highest BCUT2D eigenvalue weighted by atomic mass is 32.1. The van der Waals surface area contributed by atoms with Crippen LogP contribution in [0.2, 0.25) is 0 Å². The number of rotatable bonds is 7. The predicted molar refractivity (Wildman–Crippen MR) is 85.5 cm³/mol. The summed E-state index contributed by atoms with van der Waals surface area (Å²) in [5.41, 5.74) is 4.00. The highest BCUT2D eigenvalue weighted by Crippen LogP contribution is 2.17. The zero-order chi connectivity index (χ0) is 14.4. The molecule has 3 nitrogen and oxygen atoms in total. The lowest BCUT2D eigenvalue weighted by molar-refractivity contribution is 0.667. The van der Waals surface area contributed by atoms with E-state index in [0.717, 1.165) is 35.9 Å². The first-order chi connectivity index (χ1) is 9.69. The predicted octanol–water partition coefficient (Wildman–Crippen LogP) is 3.29. The van der Waals surface area contributed by atoms with E-state index in [4.69, 9.17) is 0 Å². The van der Waals surface area contributed by atoms with E-state index in [1.165, 1.54) is 23.1 Å². The van der Waals surface area contributed by atoms with E-state index < -0.39 is 0 Å². The number of aryl methyl sites for hydroxylation is 2.